The zero-order chi connectivity index (χ0) is 20.5. The molecule has 3 rings (SSSR count). The highest BCUT2D eigenvalue weighted by molar-refractivity contribution is 6.32. The zero-order valence-electron chi connectivity index (χ0n) is 16.7. The number of hydrogen-bond acceptors (Lipinski definition) is 5. The highest BCUT2D eigenvalue weighted by atomic mass is 35.5. The van der Waals surface area contributed by atoms with Crippen molar-refractivity contribution in [2.75, 3.05) is 45.9 Å². The van der Waals surface area contributed by atoms with Gasteiger partial charge in [-0.25, -0.2) is 0 Å². The van der Waals surface area contributed by atoms with Gasteiger partial charge in [-0.05, 0) is 29.8 Å². The zero-order valence-corrected chi connectivity index (χ0v) is 17.4. The van der Waals surface area contributed by atoms with Crippen LogP contribution in [0.2, 0.25) is 5.02 Å². The molecule has 0 saturated heterocycles. The smallest absolute Gasteiger partial charge is 0.195 e. The van der Waals surface area contributed by atoms with E-state index in [-0.39, 0.29) is 0 Å². The van der Waals surface area contributed by atoms with Crippen LogP contribution < -0.4 is 24.8 Å². The number of hydrogen-bond donors (Lipinski definition) is 2. The van der Waals surface area contributed by atoms with Gasteiger partial charge in [0.05, 0.1) is 11.6 Å². The summed E-state index contributed by atoms with van der Waals surface area (Å²) in [5, 5.41) is 7.08. The van der Waals surface area contributed by atoms with Crippen molar-refractivity contribution in [1.82, 2.24) is 5.32 Å². The molecular weight excluding hydrogens is 394 g/mol. The van der Waals surface area contributed by atoms with Gasteiger partial charge in [0.25, 0.3) is 0 Å². The number of fused-ring (bicyclic) bond motifs is 1. The second kappa shape index (κ2) is 10.8. The maximum absolute atomic E-state index is 6.30. The van der Waals surface area contributed by atoms with Gasteiger partial charge < -0.3 is 29.6 Å². The Balaban J connectivity index is 1.57. The number of aliphatic imine (C=N–C) groups is 1. The topological polar surface area (TPSA) is 73.3 Å². The van der Waals surface area contributed by atoms with Crippen LogP contribution in [0.4, 0.5) is 5.69 Å². The number of rotatable bonds is 8. The Kier molecular flexibility index (Phi) is 7.84. The predicted octanol–water partition coefficient (Wildman–Crippen LogP) is 3.71. The van der Waals surface area contributed by atoms with E-state index in [1.54, 1.807) is 14.2 Å². The van der Waals surface area contributed by atoms with E-state index >= 15 is 0 Å². The number of methoxy groups -OCH3 is 1. The van der Waals surface area contributed by atoms with Crippen LogP contribution in [0.1, 0.15) is 12.0 Å². The molecule has 0 radical (unpaired) electrons. The molecule has 0 bridgehead atoms. The Labute approximate surface area is 176 Å². The molecule has 7 nitrogen and oxygen atoms in total. The van der Waals surface area contributed by atoms with Gasteiger partial charge in [-0.2, -0.15) is 0 Å². The Hall–Kier alpha value is -2.64. The van der Waals surface area contributed by atoms with Crippen LogP contribution >= 0.6 is 11.6 Å². The molecule has 2 aromatic rings. The Morgan fingerprint density at radius 1 is 1.17 bits per heavy atom. The summed E-state index contributed by atoms with van der Waals surface area (Å²) in [4.78, 5) is 4.27. The first-order valence-corrected chi connectivity index (χ1v) is 9.85. The van der Waals surface area contributed by atoms with Gasteiger partial charge in [0.2, 0.25) is 0 Å². The summed E-state index contributed by atoms with van der Waals surface area (Å²) in [5.41, 5.74) is 1.85. The first-order valence-electron chi connectivity index (χ1n) is 9.47. The van der Waals surface area contributed by atoms with Crippen LogP contribution in [0.3, 0.4) is 0 Å². The molecule has 0 aliphatic carbocycles. The molecule has 156 valence electrons. The molecule has 0 amide bonds. The van der Waals surface area contributed by atoms with Gasteiger partial charge in [-0.3, -0.25) is 4.99 Å². The van der Waals surface area contributed by atoms with Crippen molar-refractivity contribution >= 4 is 23.2 Å². The van der Waals surface area contributed by atoms with E-state index in [2.05, 4.69) is 15.6 Å². The number of ether oxygens (including phenoxy) is 4. The van der Waals surface area contributed by atoms with Crippen molar-refractivity contribution in [3.8, 4) is 17.2 Å². The molecule has 1 aliphatic rings. The molecule has 0 aromatic heterocycles. The number of anilines is 1. The van der Waals surface area contributed by atoms with Crippen LogP contribution in [0.25, 0.3) is 0 Å². The molecule has 0 unspecified atom stereocenters. The lowest BCUT2D eigenvalue weighted by molar-refractivity contribution is 0.171. The Morgan fingerprint density at radius 3 is 2.86 bits per heavy atom. The second-order valence-corrected chi connectivity index (χ2v) is 6.78. The van der Waals surface area contributed by atoms with Gasteiger partial charge in [0.15, 0.2) is 17.5 Å². The molecule has 2 N–H and O–H groups in total. The molecule has 0 fully saturated rings. The van der Waals surface area contributed by atoms with Gasteiger partial charge in [0, 0.05) is 45.5 Å². The lowest BCUT2D eigenvalue weighted by atomic mass is 10.2. The minimum Gasteiger partial charge on any atom is -0.493 e. The number of benzene rings is 2. The van der Waals surface area contributed by atoms with Gasteiger partial charge in [-0.15, -0.1) is 0 Å². The SMILES string of the molecule is CN=C(NCc1cc(Cl)c2c(c1)OCCO2)Nc1cccc(OCCCOC)c1. The van der Waals surface area contributed by atoms with Crippen molar-refractivity contribution in [3.05, 3.63) is 47.0 Å². The number of nitrogens with zero attached hydrogens (tertiary/aromatic N) is 1. The van der Waals surface area contributed by atoms with Crippen LogP contribution in [0, 0.1) is 0 Å². The molecule has 1 heterocycles. The van der Waals surface area contributed by atoms with Crippen molar-refractivity contribution in [2.24, 2.45) is 4.99 Å². The molecule has 8 heteroatoms. The van der Waals surface area contributed by atoms with Gasteiger partial charge >= 0.3 is 0 Å². The maximum Gasteiger partial charge on any atom is 0.195 e. The summed E-state index contributed by atoms with van der Waals surface area (Å²) in [6.07, 6.45) is 0.843. The number of halogens is 1. The minimum absolute atomic E-state index is 0.510. The summed E-state index contributed by atoms with van der Waals surface area (Å²) < 4.78 is 22.0. The molecule has 2 aromatic carbocycles. The third-order valence-corrected chi connectivity index (χ3v) is 4.48. The molecule has 1 aliphatic heterocycles. The fourth-order valence-corrected chi connectivity index (χ4v) is 3.11. The molecule has 29 heavy (non-hydrogen) atoms. The Morgan fingerprint density at radius 2 is 2.03 bits per heavy atom. The first-order chi connectivity index (χ1) is 14.2. The van der Waals surface area contributed by atoms with E-state index in [0.29, 0.717) is 55.5 Å². The van der Waals surface area contributed by atoms with Crippen molar-refractivity contribution < 1.29 is 18.9 Å². The average Bonchev–Trinajstić information content (AvgIpc) is 2.74. The van der Waals surface area contributed by atoms with E-state index in [4.69, 9.17) is 30.5 Å². The third kappa shape index (κ3) is 6.17. The van der Waals surface area contributed by atoms with Crippen molar-refractivity contribution in [1.29, 1.82) is 0 Å². The van der Waals surface area contributed by atoms with Crippen LogP contribution in [0.5, 0.6) is 17.2 Å². The van der Waals surface area contributed by atoms with E-state index in [9.17, 15) is 0 Å². The van der Waals surface area contributed by atoms with Crippen LogP contribution in [-0.4, -0.2) is 46.5 Å². The molecule has 0 saturated carbocycles. The number of nitrogens with one attached hydrogen (secondary N) is 2. The van der Waals surface area contributed by atoms with Crippen molar-refractivity contribution in [3.63, 3.8) is 0 Å². The summed E-state index contributed by atoms with van der Waals surface area (Å²) in [7, 11) is 3.40. The van der Waals surface area contributed by atoms with Crippen LogP contribution in [-0.2, 0) is 11.3 Å². The fourth-order valence-electron chi connectivity index (χ4n) is 2.82. The quantitative estimate of drug-likeness (QED) is 0.386. The average molecular weight is 420 g/mol. The largest absolute Gasteiger partial charge is 0.493 e. The van der Waals surface area contributed by atoms with Crippen LogP contribution in [0.15, 0.2) is 41.4 Å². The molecular formula is C21H26ClN3O4. The lowest BCUT2D eigenvalue weighted by Gasteiger charge is -2.20. The summed E-state index contributed by atoms with van der Waals surface area (Å²) >= 11 is 6.30. The standard InChI is InChI=1S/C21H26ClN3O4/c1-23-21(25-16-5-3-6-17(13-16)27-8-4-7-26-2)24-14-15-11-18(22)20-19(12-15)28-9-10-29-20/h3,5-6,11-13H,4,7-10,14H2,1-2H3,(H2,23,24,25). The normalized spacial score (nSPS) is 13.1. The van der Waals surface area contributed by atoms with Crippen molar-refractivity contribution in [2.45, 2.75) is 13.0 Å². The Bertz CT molecular complexity index is 845. The minimum atomic E-state index is 0.510. The molecule has 0 spiro atoms. The van der Waals surface area contributed by atoms with E-state index < -0.39 is 0 Å². The lowest BCUT2D eigenvalue weighted by Crippen LogP contribution is -2.30. The summed E-state index contributed by atoms with van der Waals surface area (Å²) in [6, 6.07) is 11.5. The first kappa shape index (κ1) is 21.1. The highest BCUT2D eigenvalue weighted by Crippen LogP contribution is 2.38. The van der Waals surface area contributed by atoms with Gasteiger partial charge in [0.1, 0.15) is 19.0 Å². The monoisotopic (exact) mass is 419 g/mol. The summed E-state index contributed by atoms with van der Waals surface area (Å²) in [6.45, 7) is 2.85. The maximum atomic E-state index is 6.30. The fraction of sp³-hybridized carbons (Fsp3) is 0.381. The summed E-state index contributed by atoms with van der Waals surface area (Å²) in [5.74, 6) is 2.70. The highest BCUT2D eigenvalue weighted by Gasteiger charge is 2.16. The molecule has 0 atom stereocenters. The van der Waals surface area contributed by atoms with Gasteiger partial charge in [-0.1, -0.05) is 17.7 Å². The van der Waals surface area contributed by atoms with E-state index in [0.717, 1.165) is 23.4 Å². The van der Waals surface area contributed by atoms with E-state index in [1.165, 1.54) is 0 Å². The van der Waals surface area contributed by atoms with E-state index in [1.807, 2.05) is 36.4 Å². The number of guanidine groups is 1. The predicted molar refractivity (Wildman–Crippen MR) is 115 cm³/mol. The third-order valence-electron chi connectivity index (χ3n) is 4.20. The second-order valence-electron chi connectivity index (χ2n) is 6.38.